The monoisotopic (exact) mass is 308 g/mol. The lowest BCUT2D eigenvalue weighted by molar-refractivity contribution is -0.136. The second-order valence-electron chi connectivity index (χ2n) is 6.00. The van der Waals surface area contributed by atoms with Gasteiger partial charge in [-0.15, -0.1) is 11.3 Å². The summed E-state index contributed by atoms with van der Waals surface area (Å²) < 4.78 is 5.73. The number of carbonyl (C=O) groups excluding carboxylic acids is 1. The van der Waals surface area contributed by atoms with Crippen molar-refractivity contribution in [1.29, 1.82) is 0 Å². The number of carbonyl (C=O) groups is 1. The molecule has 2 fully saturated rings. The Kier molecular flexibility index (Phi) is 5.25. The summed E-state index contributed by atoms with van der Waals surface area (Å²) in [6, 6.07) is 0.207. The van der Waals surface area contributed by atoms with Crippen LogP contribution in [0.5, 0.6) is 0 Å². The van der Waals surface area contributed by atoms with Crippen LogP contribution in [-0.4, -0.2) is 35.0 Å². The number of aromatic nitrogens is 1. The maximum Gasteiger partial charge on any atom is 0.223 e. The molecule has 3 rings (SSSR count). The molecule has 2 atom stereocenters. The second-order valence-corrected chi connectivity index (χ2v) is 6.92. The molecule has 1 aromatic heterocycles. The van der Waals surface area contributed by atoms with Gasteiger partial charge in [0.2, 0.25) is 5.91 Å². The van der Waals surface area contributed by atoms with Crippen molar-refractivity contribution in [3.05, 3.63) is 16.6 Å². The average molecular weight is 308 g/mol. The van der Waals surface area contributed by atoms with E-state index in [2.05, 4.69) is 9.88 Å². The number of ether oxygens (including phenoxy) is 1. The van der Waals surface area contributed by atoms with Gasteiger partial charge in [-0.05, 0) is 44.9 Å². The third kappa shape index (κ3) is 3.83. The van der Waals surface area contributed by atoms with E-state index < -0.39 is 0 Å². The smallest absolute Gasteiger partial charge is 0.223 e. The van der Waals surface area contributed by atoms with E-state index in [4.69, 9.17) is 4.74 Å². The Morgan fingerprint density at radius 2 is 2.24 bits per heavy atom. The molecule has 1 aromatic rings. The largest absolute Gasteiger partial charge is 0.378 e. The molecule has 2 saturated heterocycles. The van der Waals surface area contributed by atoms with Gasteiger partial charge in [-0.3, -0.25) is 4.79 Å². The van der Waals surface area contributed by atoms with E-state index in [0.717, 1.165) is 43.8 Å². The van der Waals surface area contributed by atoms with Crippen LogP contribution in [0.1, 0.15) is 62.4 Å². The van der Waals surface area contributed by atoms with Crippen LogP contribution in [0.4, 0.5) is 0 Å². The van der Waals surface area contributed by atoms with Gasteiger partial charge in [0.15, 0.2) is 0 Å². The van der Waals surface area contributed by atoms with Gasteiger partial charge in [-0.2, -0.15) is 0 Å². The molecule has 0 bridgehead atoms. The van der Waals surface area contributed by atoms with E-state index in [0.29, 0.717) is 12.5 Å². The first-order chi connectivity index (χ1) is 10.3. The van der Waals surface area contributed by atoms with Gasteiger partial charge in [0.1, 0.15) is 5.01 Å². The number of hydrogen-bond acceptors (Lipinski definition) is 4. The topological polar surface area (TPSA) is 42.4 Å². The molecule has 2 aliphatic heterocycles. The van der Waals surface area contributed by atoms with E-state index >= 15 is 0 Å². The number of piperidine rings is 1. The Hall–Kier alpha value is -0.940. The van der Waals surface area contributed by atoms with Gasteiger partial charge in [0, 0.05) is 31.1 Å². The van der Waals surface area contributed by atoms with Gasteiger partial charge in [-0.1, -0.05) is 0 Å². The van der Waals surface area contributed by atoms with E-state index in [-0.39, 0.29) is 11.9 Å². The summed E-state index contributed by atoms with van der Waals surface area (Å²) in [6.45, 7) is 1.75. The fraction of sp³-hybridized carbons (Fsp3) is 0.750. The molecular formula is C16H24N2O2S. The highest BCUT2D eigenvalue weighted by molar-refractivity contribution is 7.09. The molecule has 3 heterocycles. The lowest BCUT2D eigenvalue weighted by Crippen LogP contribution is -2.38. The zero-order chi connectivity index (χ0) is 14.5. The zero-order valence-electron chi connectivity index (χ0n) is 12.5. The van der Waals surface area contributed by atoms with Crippen LogP contribution in [0.15, 0.2) is 11.6 Å². The van der Waals surface area contributed by atoms with E-state index in [1.807, 2.05) is 11.6 Å². The summed E-state index contributed by atoms with van der Waals surface area (Å²) in [5.41, 5.74) is 0. The predicted octanol–water partition coefficient (Wildman–Crippen LogP) is 3.55. The highest BCUT2D eigenvalue weighted by atomic mass is 32.1. The third-order valence-corrected chi connectivity index (χ3v) is 5.39. The summed E-state index contributed by atoms with van der Waals surface area (Å²) in [7, 11) is 0. The van der Waals surface area contributed by atoms with Crippen LogP contribution in [0.25, 0.3) is 0 Å². The van der Waals surface area contributed by atoms with Crippen molar-refractivity contribution >= 4 is 17.2 Å². The van der Waals surface area contributed by atoms with Crippen molar-refractivity contribution in [2.24, 2.45) is 0 Å². The summed E-state index contributed by atoms with van der Waals surface area (Å²) in [4.78, 5) is 19.1. The Labute approximate surface area is 130 Å². The molecule has 0 unspecified atom stereocenters. The standard InChI is InChI=1S/C16H24N2O2S/c19-15(8-7-13-5-2-4-11-20-13)18-10-3-1-6-14(18)16-17-9-12-21-16/h9,12-14H,1-8,10-11H2/t13-,14+/m0/s1. The van der Waals surface area contributed by atoms with Crippen molar-refractivity contribution in [2.75, 3.05) is 13.2 Å². The lowest BCUT2D eigenvalue weighted by atomic mass is 10.0. The average Bonchev–Trinajstić information content (AvgIpc) is 3.08. The number of rotatable bonds is 4. The molecule has 116 valence electrons. The minimum absolute atomic E-state index is 0.207. The second kappa shape index (κ2) is 7.36. The number of hydrogen-bond donors (Lipinski definition) is 0. The molecule has 0 radical (unpaired) electrons. The Balaban J connectivity index is 1.56. The summed E-state index contributed by atoms with van der Waals surface area (Å²) >= 11 is 1.67. The van der Waals surface area contributed by atoms with Crippen LogP contribution >= 0.6 is 11.3 Å². The van der Waals surface area contributed by atoms with Crippen LogP contribution in [0.2, 0.25) is 0 Å². The molecule has 0 spiro atoms. The Morgan fingerprint density at radius 3 is 3.00 bits per heavy atom. The number of likely N-dealkylation sites (tertiary alicyclic amines) is 1. The predicted molar refractivity (Wildman–Crippen MR) is 83.2 cm³/mol. The summed E-state index contributed by atoms with van der Waals surface area (Å²) in [5, 5.41) is 3.10. The fourth-order valence-electron chi connectivity index (χ4n) is 3.35. The highest BCUT2D eigenvalue weighted by Gasteiger charge is 2.29. The van der Waals surface area contributed by atoms with Crippen molar-refractivity contribution in [3.8, 4) is 0 Å². The minimum Gasteiger partial charge on any atom is -0.378 e. The molecule has 1 amide bonds. The van der Waals surface area contributed by atoms with E-state index in [1.165, 1.54) is 19.3 Å². The SMILES string of the molecule is O=C(CC[C@@H]1CCCCO1)N1CCCC[C@@H]1c1nccs1. The first-order valence-electron chi connectivity index (χ1n) is 8.15. The number of nitrogens with zero attached hydrogens (tertiary/aromatic N) is 2. The lowest BCUT2D eigenvalue weighted by Gasteiger charge is -2.35. The third-order valence-electron chi connectivity index (χ3n) is 4.51. The van der Waals surface area contributed by atoms with Crippen LogP contribution < -0.4 is 0 Å². The molecule has 0 saturated carbocycles. The first-order valence-corrected chi connectivity index (χ1v) is 9.03. The zero-order valence-corrected chi connectivity index (χ0v) is 13.3. The molecule has 21 heavy (non-hydrogen) atoms. The van der Waals surface area contributed by atoms with E-state index in [1.54, 1.807) is 11.3 Å². The maximum absolute atomic E-state index is 12.6. The van der Waals surface area contributed by atoms with Crippen molar-refractivity contribution in [1.82, 2.24) is 9.88 Å². The number of thiazole rings is 1. The van der Waals surface area contributed by atoms with E-state index in [9.17, 15) is 4.79 Å². The van der Waals surface area contributed by atoms with Crippen LogP contribution in [0.3, 0.4) is 0 Å². The molecule has 0 aliphatic carbocycles. The van der Waals surface area contributed by atoms with Gasteiger partial charge in [0.05, 0.1) is 12.1 Å². The summed E-state index contributed by atoms with van der Waals surface area (Å²) in [5.74, 6) is 0.282. The van der Waals surface area contributed by atoms with Crippen molar-refractivity contribution < 1.29 is 9.53 Å². The van der Waals surface area contributed by atoms with Gasteiger partial charge < -0.3 is 9.64 Å². The highest BCUT2D eigenvalue weighted by Crippen LogP contribution is 2.32. The normalized spacial score (nSPS) is 26.8. The molecule has 2 aliphatic rings. The molecule has 4 nitrogen and oxygen atoms in total. The van der Waals surface area contributed by atoms with Crippen LogP contribution in [-0.2, 0) is 9.53 Å². The maximum atomic E-state index is 12.6. The quantitative estimate of drug-likeness (QED) is 0.854. The van der Waals surface area contributed by atoms with Gasteiger partial charge in [0.25, 0.3) is 0 Å². The molecule has 5 heteroatoms. The first kappa shape index (κ1) is 15.0. The van der Waals surface area contributed by atoms with Gasteiger partial charge >= 0.3 is 0 Å². The Morgan fingerprint density at radius 1 is 1.33 bits per heavy atom. The number of amides is 1. The van der Waals surface area contributed by atoms with Crippen LogP contribution in [0, 0.1) is 0 Å². The molecule has 0 aromatic carbocycles. The van der Waals surface area contributed by atoms with Crippen molar-refractivity contribution in [3.63, 3.8) is 0 Å². The van der Waals surface area contributed by atoms with Gasteiger partial charge in [-0.25, -0.2) is 4.98 Å². The molecule has 0 N–H and O–H groups in total. The van der Waals surface area contributed by atoms with Crippen molar-refractivity contribution in [2.45, 2.75) is 63.5 Å². The fourth-order valence-corrected chi connectivity index (χ4v) is 4.13. The summed E-state index contributed by atoms with van der Waals surface area (Å²) in [6.07, 6.45) is 10.5. The minimum atomic E-state index is 0.207. The molecular weight excluding hydrogens is 284 g/mol. The Bertz CT molecular complexity index is 443.